The number of ether oxygens (including phenoxy) is 2. The van der Waals surface area contributed by atoms with Crippen molar-refractivity contribution in [2.75, 3.05) is 25.8 Å². The quantitative estimate of drug-likeness (QED) is 0.626. The van der Waals surface area contributed by atoms with Crippen molar-refractivity contribution >= 4 is 23.7 Å². The van der Waals surface area contributed by atoms with Gasteiger partial charge in [-0.15, -0.1) is 0 Å². The summed E-state index contributed by atoms with van der Waals surface area (Å²) in [6, 6.07) is 0.192. The molecule has 1 rings (SSSR count). The number of rotatable bonds is 5. The number of nitrogens with one attached hydrogen (secondary N) is 1. The molecule has 8 heteroatoms. The highest BCUT2D eigenvalue weighted by atomic mass is 32.2. The minimum absolute atomic E-state index is 0.192. The Morgan fingerprint density at radius 2 is 1.94 bits per heavy atom. The fourth-order valence-electron chi connectivity index (χ4n) is 1.16. The van der Waals surface area contributed by atoms with Crippen LogP contribution in [0.2, 0.25) is 0 Å². The van der Waals surface area contributed by atoms with Gasteiger partial charge in [-0.25, -0.2) is 4.79 Å². The molecule has 0 bridgehead atoms. The smallest absolute Gasteiger partial charge is 0.330 e. The molecule has 0 fully saturated rings. The molecule has 1 aromatic heterocycles. The summed E-state index contributed by atoms with van der Waals surface area (Å²) >= 11 is 1.35. The number of hydrogen-bond donors (Lipinski definition) is 1. The van der Waals surface area contributed by atoms with Crippen molar-refractivity contribution in [3.05, 3.63) is 0 Å². The van der Waals surface area contributed by atoms with Gasteiger partial charge in [-0.3, -0.25) is 0 Å². The Hall–Kier alpha value is -1.57. The van der Waals surface area contributed by atoms with E-state index in [9.17, 15) is 4.79 Å². The van der Waals surface area contributed by atoms with Crippen molar-refractivity contribution in [3.63, 3.8) is 0 Å². The van der Waals surface area contributed by atoms with Crippen LogP contribution in [0.1, 0.15) is 13.8 Å². The van der Waals surface area contributed by atoms with Crippen LogP contribution in [0.15, 0.2) is 5.16 Å². The van der Waals surface area contributed by atoms with Gasteiger partial charge < -0.3 is 14.8 Å². The van der Waals surface area contributed by atoms with Crippen molar-refractivity contribution < 1.29 is 14.3 Å². The van der Waals surface area contributed by atoms with Crippen molar-refractivity contribution in [2.45, 2.75) is 24.5 Å². The van der Waals surface area contributed by atoms with Gasteiger partial charge >= 0.3 is 12.0 Å². The maximum absolute atomic E-state index is 11.6. The van der Waals surface area contributed by atoms with Crippen LogP contribution in [0.4, 0.5) is 5.95 Å². The number of carbonyl (C=O) groups is 1. The predicted octanol–water partition coefficient (Wildman–Crippen LogP) is 0.966. The highest BCUT2D eigenvalue weighted by Crippen LogP contribution is 2.18. The molecule has 18 heavy (non-hydrogen) atoms. The molecule has 1 aromatic rings. The third-order valence-corrected chi connectivity index (χ3v) is 2.63. The van der Waals surface area contributed by atoms with E-state index in [0.29, 0.717) is 5.16 Å². The van der Waals surface area contributed by atoms with Crippen molar-refractivity contribution in [2.24, 2.45) is 0 Å². The number of carbonyl (C=O) groups excluding carboxylic acids is 1. The molecule has 0 radical (unpaired) electrons. The number of nitrogens with zero attached hydrogens (tertiary/aromatic N) is 3. The first-order valence-corrected chi connectivity index (χ1v) is 6.36. The predicted molar refractivity (Wildman–Crippen MR) is 67.9 cm³/mol. The molecule has 100 valence electrons. The van der Waals surface area contributed by atoms with E-state index in [1.165, 1.54) is 26.0 Å². The summed E-state index contributed by atoms with van der Waals surface area (Å²) < 4.78 is 9.66. The van der Waals surface area contributed by atoms with Gasteiger partial charge in [0.05, 0.1) is 14.2 Å². The summed E-state index contributed by atoms with van der Waals surface area (Å²) in [4.78, 5) is 23.8. The number of aromatic nitrogens is 3. The third kappa shape index (κ3) is 3.46. The summed E-state index contributed by atoms with van der Waals surface area (Å²) in [6.45, 7) is 3.35. The molecule has 0 aliphatic rings. The fourth-order valence-corrected chi connectivity index (χ4v) is 1.51. The van der Waals surface area contributed by atoms with E-state index in [1.807, 2.05) is 6.26 Å². The Bertz CT molecular complexity index is 417. The zero-order valence-electron chi connectivity index (χ0n) is 11.0. The Balaban J connectivity index is 2.99. The molecule has 0 saturated carbocycles. The average Bonchev–Trinajstić information content (AvgIpc) is 2.36. The zero-order chi connectivity index (χ0) is 13.8. The van der Waals surface area contributed by atoms with Crippen LogP contribution >= 0.6 is 11.8 Å². The third-order valence-electron chi connectivity index (χ3n) is 2.08. The first-order valence-electron chi connectivity index (χ1n) is 5.13. The summed E-state index contributed by atoms with van der Waals surface area (Å²) in [5.74, 6) is -0.144. The maximum Gasteiger partial charge on any atom is 0.330 e. The van der Waals surface area contributed by atoms with Gasteiger partial charge in [-0.05, 0) is 20.1 Å². The first-order chi connectivity index (χ1) is 8.42. The molecule has 0 saturated heterocycles. The molecule has 1 N–H and O–H groups in total. The molecule has 0 unspecified atom stereocenters. The molecule has 7 nitrogen and oxygen atoms in total. The first kappa shape index (κ1) is 14.5. The lowest BCUT2D eigenvalue weighted by atomic mass is 10.1. The molecule has 1 heterocycles. The average molecular weight is 272 g/mol. The molecular weight excluding hydrogens is 256 g/mol. The van der Waals surface area contributed by atoms with Crippen LogP contribution in [0.25, 0.3) is 0 Å². The fraction of sp³-hybridized carbons (Fsp3) is 0.600. The van der Waals surface area contributed by atoms with Gasteiger partial charge in [0.15, 0.2) is 5.16 Å². The van der Waals surface area contributed by atoms with Crippen LogP contribution in [-0.2, 0) is 9.53 Å². The largest absolute Gasteiger partial charge is 0.467 e. The van der Waals surface area contributed by atoms with Gasteiger partial charge in [-0.1, -0.05) is 11.8 Å². The highest BCUT2D eigenvalue weighted by Gasteiger charge is 2.29. The Labute approximate surface area is 110 Å². The minimum atomic E-state index is -0.934. The molecule has 0 spiro atoms. The zero-order valence-corrected chi connectivity index (χ0v) is 11.8. The molecular formula is C10H16N4O3S. The lowest BCUT2D eigenvalue weighted by Gasteiger charge is -2.23. The molecule has 0 amide bonds. The van der Waals surface area contributed by atoms with Crippen molar-refractivity contribution in [1.29, 1.82) is 0 Å². The van der Waals surface area contributed by atoms with E-state index in [4.69, 9.17) is 9.47 Å². The van der Waals surface area contributed by atoms with Gasteiger partial charge in [0, 0.05) is 0 Å². The molecule has 0 aliphatic heterocycles. The van der Waals surface area contributed by atoms with E-state index >= 15 is 0 Å². The summed E-state index contributed by atoms with van der Waals surface area (Å²) in [5.41, 5.74) is -0.934. The monoisotopic (exact) mass is 272 g/mol. The van der Waals surface area contributed by atoms with E-state index < -0.39 is 11.5 Å². The second kappa shape index (κ2) is 5.85. The maximum atomic E-state index is 11.6. The molecule has 0 atom stereocenters. The summed E-state index contributed by atoms with van der Waals surface area (Å²) in [6.07, 6.45) is 1.84. The number of hydrogen-bond acceptors (Lipinski definition) is 8. The second-order valence-electron chi connectivity index (χ2n) is 3.87. The SMILES string of the molecule is COC(=O)C(C)(C)Nc1nc(OC)nc(SC)n1. The van der Waals surface area contributed by atoms with Crippen LogP contribution in [-0.4, -0.2) is 46.9 Å². The van der Waals surface area contributed by atoms with Crippen LogP contribution in [0.3, 0.4) is 0 Å². The summed E-state index contributed by atoms with van der Waals surface area (Å²) in [7, 11) is 2.79. The Morgan fingerprint density at radius 3 is 2.44 bits per heavy atom. The van der Waals surface area contributed by atoms with Gasteiger partial charge in [0.1, 0.15) is 5.54 Å². The topological polar surface area (TPSA) is 86.2 Å². The Morgan fingerprint density at radius 1 is 1.28 bits per heavy atom. The van der Waals surface area contributed by atoms with Crippen molar-refractivity contribution in [3.8, 4) is 6.01 Å². The van der Waals surface area contributed by atoms with Gasteiger partial charge in [-0.2, -0.15) is 15.0 Å². The number of thioether (sulfide) groups is 1. The van der Waals surface area contributed by atoms with Gasteiger partial charge in [0.2, 0.25) is 5.95 Å². The van der Waals surface area contributed by atoms with Gasteiger partial charge in [0.25, 0.3) is 0 Å². The van der Waals surface area contributed by atoms with Crippen LogP contribution < -0.4 is 10.1 Å². The number of methoxy groups -OCH3 is 2. The van der Waals surface area contributed by atoms with E-state index in [1.54, 1.807) is 13.8 Å². The van der Waals surface area contributed by atoms with E-state index in [0.717, 1.165) is 0 Å². The molecule has 0 aromatic carbocycles. The van der Waals surface area contributed by atoms with E-state index in [2.05, 4.69) is 20.3 Å². The van der Waals surface area contributed by atoms with Crippen molar-refractivity contribution in [1.82, 2.24) is 15.0 Å². The Kier molecular flexibility index (Phi) is 4.71. The van der Waals surface area contributed by atoms with Crippen LogP contribution in [0, 0.1) is 0 Å². The molecule has 0 aliphatic carbocycles. The standard InChI is InChI=1S/C10H16N4O3S/c1-10(2,6(15)16-3)14-7-11-8(17-4)13-9(12-7)18-5/h1-5H3,(H,11,12,13,14). The minimum Gasteiger partial charge on any atom is -0.467 e. The van der Waals surface area contributed by atoms with Crippen LogP contribution in [0.5, 0.6) is 6.01 Å². The number of esters is 1. The lowest BCUT2D eigenvalue weighted by Crippen LogP contribution is -2.41. The lowest BCUT2D eigenvalue weighted by molar-refractivity contribution is -0.144. The highest BCUT2D eigenvalue weighted by molar-refractivity contribution is 7.98. The van der Waals surface area contributed by atoms with E-state index in [-0.39, 0.29) is 12.0 Å². The number of anilines is 1. The normalized spacial score (nSPS) is 10.9. The summed E-state index contributed by atoms with van der Waals surface area (Å²) in [5, 5.41) is 3.39. The second-order valence-corrected chi connectivity index (χ2v) is 4.65.